The molecule has 0 saturated heterocycles. The minimum Gasteiger partial charge on any atom is -0.480 e. The van der Waals surface area contributed by atoms with Crippen LogP contribution in [0.15, 0.2) is 0 Å². The van der Waals surface area contributed by atoms with Gasteiger partial charge in [-0.25, -0.2) is 0 Å². The molecular formula is C13H25NO3. The third-order valence-electron chi connectivity index (χ3n) is 4.15. The highest BCUT2D eigenvalue weighted by atomic mass is 16.5. The Morgan fingerprint density at radius 2 is 2.00 bits per heavy atom. The number of rotatable bonds is 6. The van der Waals surface area contributed by atoms with Crippen LogP contribution in [0.4, 0.5) is 0 Å². The Morgan fingerprint density at radius 3 is 2.47 bits per heavy atom. The number of carbonyl (C=O) groups is 1. The number of carboxylic acid groups (broad SMARTS) is 1. The van der Waals surface area contributed by atoms with Crippen LogP contribution < -0.4 is 0 Å². The van der Waals surface area contributed by atoms with Crippen molar-refractivity contribution in [2.75, 3.05) is 20.8 Å². The molecule has 0 aromatic heterocycles. The monoisotopic (exact) mass is 243 g/mol. The summed E-state index contributed by atoms with van der Waals surface area (Å²) in [5.74, 6) is -0.748. The Morgan fingerprint density at radius 1 is 1.41 bits per heavy atom. The first-order chi connectivity index (χ1) is 8.02. The van der Waals surface area contributed by atoms with Gasteiger partial charge in [-0.2, -0.15) is 0 Å². The number of ether oxygens (including phenoxy) is 1. The lowest BCUT2D eigenvalue weighted by Gasteiger charge is -2.42. The maximum Gasteiger partial charge on any atom is 0.323 e. The van der Waals surface area contributed by atoms with Crippen molar-refractivity contribution in [1.29, 1.82) is 0 Å². The number of methoxy groups -OCH3 is 1. The Hall–Kier alpha value is -0.610. The highest BCUT2D eigenvalue weighted by Crippen LogP contribution is 2.29. The molecule has 0 heterocycles. The summed E-state index contributed by atoms with van der Waals surface area (Å²) in [6, 6.07) is 0.404. The molecule has 4 nitrogen and oxygen atoms in total. The van der Waals surface area contributed by atoms with Gasteiger partial charge in [0.25, 0.3) is 0 Å². The van der Waals surface area contributed by atoms with Gasteiger partial charge < -0.3 is 9.84 Å². The number of hydrogen-bond acceptors (Lipinski definition) is 3. The van der Waals surface area contributed by atoms with Gasteiger partial charge in [0, 0.05) is 19.8 Å². The summed E-state index contributed by atoms with van der Waals surface area (Å²) >= 11 is 0. The lowest BCUT2D eigenvalue weighted by molar-refractivity contribution is -0.153. The molecule has 0 aromatic carbocycles. The molecule has 0 aromatic rings. The van der Waals surface area contributed by atoms with Crippen molar-refractivity contribution in [2.45, 2.75) is 57.0 Å². The van der Waals surface area contributed by atoms with Crippen molar-refractivity contribution in [1.82, 2.24) is 4.90 Å². The molecule has 0 radical (unpaired) electrons. The summed E-state index contributed by atoms with van der Waals surface area (Å²) in [6.07, 6.45) is 6.49. The molecule has 1 aliphatic rings. The third-order valence-corrected chi connectivity index (χ3v) is 4.15. The minimum absolute atomic E-state index is 0.404. The van der Waals surface area contributed by atoms with Crippen molar-refractivity contribution in [2.24, 2.45) is 0 Å². The van der Waals surface area contributed by atoms with Gasteiger partial charge in [-0.3, -0.25) is 9.69 Å². The molecule has 17 heavy (non-hydrogen) atoms. The Bertz CT molecular complexity index is 251. The Labute approximate surface area is 104 Å². The average molecular weight is 243 g/mol. The van der Waals surface area contributed by atoms with E-state index in [9.17, 15) is 9.90 Å². The predicted molar refractivity (Wildman–Crippen MR) is 67.2 cm³/mol. The topological polar surface area (TPSA) is 49.8 Å². The molecule has 1 unspecified atom stereocenters. The lowest BCUT2D eigenvalue weighted by Crippen LogP contribution is -2.55. The van der Waals surface area contributed by atoms with Gasteiger partial charge in [0.2, 0.25) is 0 Å². The first-order valence-electron chi connectivity index (χ1n) is 6.47. The minimum atomic E-state index is -0.808. The molecule has 100 valence electrons. The molecule has 0 aliphatic heterocycles. The van der Waals surface area contributed by atoms with Gasteiger partial charge in [-0.15, -0.1) is 0 Å². The van der Waals surface area contributed by atoms with E-state index in [1.165, 1.54) is 19.3 Å². The van der Waals surface area contributed by atoms with Gasteiger partial charge in [-0.1, -0.05) is 19.3 Å². The number of likely N-dealkylation sites (N-methyl/N-ethyl adjacent to an activating group) is 1. The molecule has 1 saturated carbocycles. The summed E-state index contributed by atoms with van der Waals surface area (Å²) < 4.78 is 5.04. The van der Waals surface area contributed by atoms with Gasteiger partial charge >= 0.3 is 5.97 Å². The third kappa shape index (κ3) is 3.42. The molecule has 1 fully saturated rings. The zero-order valence-electron chi connectivity index (χ0n) is 11.2. The number of aliphatic carboxylic acids is 1. The molecule has 1 N–H and O–H groups in total. The highest BCUT2D eigenvalue weighted by molar-refractivity contribution is 5.78. The van der Waals surface area contributed by atoms with Crippen molar-refractivity contribution in [3.8, 4) is 0 Å². The Kier molecular flexibility index (Phi) is 5.40. The Balaban J connectivity index is 2.70. The van der Waals surface area contributed by atoms with Gasteiger partial charge in [0.1, 0.15) is 5.54 Å². The van der Waals surface area contributed by atoms with E-state index in [0.717, 1.165) is 12.8 Å². The van der Waals surface area contributed by atoms with E-state index in [-0.39, 0.29) is 0 Å². The quantitative estimate of drug-likeness (QED) is 0.776. The molecule has 1 atom stereocenters. The van der Waals surface area contributed by atoms with Gasteiger partial charge in [-0.05, 0) is 33.2 Å². The maximum atomic E-state index is 11.5. The van der Waals surface area contributed by atoms with E-state index >= 15 is 0 Å². The first-order valence-corrected chi connectivity index (χ1v) is 6.47. The SMILES string of the molecule is COCCC(C)(C(=O)O)N(C)C1CCCCC1. The van der Waals surface area contributed by atoms with Crippen molar-refractivity contribution >= 4 is 5.97 Å². The zero-order chi connectivity index (χ0) is 12.9. The number of carboxylic acids is 1. The van der Waals surface area contributed by atoms with E-state index in [1.54, 1.807) is 7.11 Å². The fourth-order valence-corrected chi connectivity index (χ4v) is 2.61. The van der Waals surface area contributed by atoms with Crippen LogP contribution in [0.5, 0.6) is 0 Å². The zero-order valence-corrected chi connectivity index (χ0v) is 11.2. The normalized spacial score (nSPS) is 21.4. The number of nitrogens with zero attached hydrogens (tertiary/aromatic N) is 1. The summed E-state index contributed by atoms with van der Waals surface area (Å²) in [5.41, 5.74) is -0.808. The second-order valence-corrected chi connectivity index (χ2v) is 5.22. The predicted octanol–water partition coefficient (Wildman–Crippen LogP) is 2.13. The van der Waals surface area contributed by atoms with Crippen LogP contribution in [0.3, 0.4) is 0 Å². The standard InChI is InChI=1S/C13H25NO3/c1-13(12(15)16,9-10-17-3)14(2)11-7-5-4-6-8-11/h11H,4-10H2,1-3H3,(H,15,16). The van der Waals surface area contributed by atoms with Crippen LogP contribution in [0.1, 0.15) is 45.4 Å². The molecule has 0 spiro atoms. The van der Waals surface area contributed by atoms with Gasteiger partial charge in [0.15, 0.2) is 0 Å². The van der Waals surface area contributed by atoms with Crippen molar-refractivity contribution < 1.29 is 14.6 Å². The van der Waals surface area contributed by atoms with Crippen LogP contribution >= 0.6 is 0 Å². The maximum absolute atomic E-state index is 11.5. The lowest BCUT2D eigenvalue weighted by atomic mass is 9.88. The summed E-state index contributed by atoms with van der Waals surface area (Å²) in [7, 11) is 3.56. The molecule has 0 bridgehead atoms. The fourth-order valence-electron chi connectivity index (χ4n) is 2.61. The van der Waals surface area contributed by atoms with Crippen LogP contribution in [0, 0.1) is 0 Å². The molecule has 1 rings (SSSR count). The molecule has 1 aliphatic carbocycles. The average Bonchev–Trinajstić information content (AvgIpc) is 2.35. The first kappa shape index (κ1) is 14.5. The highest BCUT2D eigenvalue weighted by Gasteiger charge is 2.40. The van der Waals surface area contributed by atoms with Crippen LogP contribution in [0.2, 0.25) is 0 Å². The summed E-state index contributed by atoms with van der Waals surface area (Å²) in [5, 5.41) is 9.46. The fraction of sp³-hybridized carbons (Fsp3) is 0.923. The summed E-state index contributed by atoms with van der Waals surface area (Å²) in [4.78, 5) is 13.6. The smallest absolute Gasteiger partial charge is 0.323 e. The van der Waals surface area contributed by atoms with E-state index in [4.69, 9.17) is 4.74 Å². The van der Waals surface area contributed by atoms with Gasteiger partial charge in [0.05, 0.1) is 0 Å². The largest absolute Gasteiger partial charge is 0.480 e. The van der Waals surface area contributed by atoms with E-state index in [1.807, 2.05) is 18.9 Å². The van der Waals surface area contributed by atoms with E-state index in [0.29, 0.717) is 19.1 Å². The second kappa shape index (κ2) is 6.36. The molecule has 4 heteroatoms. The van der Waals surface area contributed by atoms with Crippen LogP contribution in [0.25, 0.3) is 0 Å². The van der Waals surface area contributed by atoms with Crippen LogP contribution in [-0.4, -0.2) is 48.3 Å². The van der Waals surface area contributed by atoms with E-state index < -0.39 is 11.5 Å². The number of hydrogen-bond donors (Lipinski definition) is 1. The molecule has 0 amide bonds. The van der Waals surface area contributed by atoms with Crippen molar-refractivity contribution in [3.63, 3.8) is 0 Å². The van der Waals surface area contributed by atoms with Crippen LogP contribution in [-0.2, 0) is 9.53 Å². The van der Waals surface area contributed by atoms with E-state index in [2.05, 4.69) is 0 Å². The second-order valence-electron chi connectivity index (χ2n) is 5.22. The van der Waals surface area contributed by atoms with Crippen molar-refractivity contribution in [3.05, 3.63) is 0 Å². The molecular weight excluding hydrogens is 218 g/mol. The summed E-state index contributed by atoms with van der Waals surface area (Å²) in [6.45, 7) is 2.29.